The second kappa shape index (κ2) is 5.75. The summed E-state index contributed by atoms with van der Waals surface area (Å²) in [6.07, 6.45) is 1.04. The summed E-state index contributed by atoms with van der Waals surface area (Å²) >= 11 is 12.8. The van der Waals surface area contributed by atoms with Crippen molar-refractivity contribution in [2.45, 2.75) is 18.4 Å². The van der Waals surface area contributed by atoms with Crippen LogP contribution in [-0.2, 0) is 4.74 Å². The minimum Gasteiger partial charge on any atom is -0.388 e. The fourth-order valence-electron chi connectivity index (χ4n) is 1.76. The number of aliphatic hydroxyl groups is 1. The smallest absolute Gasteiger partial charge is 0.253 e. The van der Waals surface area contributed by atoms with Crippen molar-refractivity contribution in [2.24, 2.45) is 0 Å². The Morgan fingerprint density at radius 3 is 2.72 bits per heavy atom. The molecular weight excluding hydrogens is 297 g/mol. The van der Waals surface area contributed by atoms with Gasteiger partial charge in [-0.3, -0.25) is 4.79 Å². The first kappa shape index (κ1) is 14.1. The molecule has 0 radical (unpaired) electrons. The van der Waals surface area contributed by atoms with Gasteiger partial charge in [0.15, 0.2) is 0 Å². The van der Waals surface area contributed by atoms with Crippen molar-refractivity contribution >= 4 is 40.4 Å². The second-order valence-electron chi connectivity index (χ2n) is 4.26. The Hall–Kier alpha value is -0.330. The Balaban J connectivity index is 1.94. The molecule has 0 unspecified atom stereocenters. The van der Waals surface area contributed by atoms with Gasteiger partial charge in [-0.1, -0.05) is 23.2 Å². The number of halogens is 2. The molecule has 0 saturated carbocycles. The predicted molar refractivity (Wildman–Crippen MR) is 71.7 cm³/mol. The summed E-state index contributed by atoms with van der Waals surface area (Å²) in [7, 11) is 0. The van der Waals surface area contributed by atoms with Crippen LogP contribution in [0.5, 0.6) is 0 Å². The fourth-order valence-corrected chi connectivity index (χ4v) is 3.22. The van der Waals surface area contributed by atoms with E-state index in [1.165, 1.54) is 6.07 Å². The van der Waals surface area contributed by atoms with Crippen LogP contribution in [0.1, 0.15) is 23.2 Å². The summed E-state index contributed by atoms with van der Waals surface area (Å²) in [5, 5.41) is 12.9. The molecule has 18 heavy (non-hydrogen) atoms. The molecule has 4 nitrogen and oxygen atoms in total. The largest absolute Gasteiger partial charge is 0.388 e. The molecule has 1 saturated heterocycles. The topological polar surface area (TPSA) is 58.6 Å². The van der Waals surface area contributed by atoms with E-state index in [0.29, 0.717) is 40.3 Å². The van der Waals surface area contributed by atoms with Crippen molar-refractivity contribution in [1.29, 1.82) is 0 Å². The highest BCUT2D eigenvalue weighted by Gasteiger charge is 2.30. The van der Waals surface area contributed by atoms with Gasteiger partial charge in [0.05, 0.1) is 15.5 Å². The highest BCUT2D eigenvalue weighted by Crippen LogP contribution is 2.31. The van der Waals surface area contributed by atoms with Gasteiger partial charge in [0.25, 0.3) is 5.91 Å². The van der Waals surface area contributed by atoms with Crippen LogP contribution in [0.4, 0.5) is 0 Å². The van der Waals surface area contributed by atoms with Gasteiger partial charge in [-0.15, -0.1) is 11.3 Å². The maximum absolute atomic E-state index is 11.9. The molecule has 1 aromatic rings. The SMILES string of the molecule is O=C(NCC1(O)CCOCC1)c1cc(Cl)sc1Cl. The van der Waals surface area contributed by atoms with E-state index in [1.54, 1.807) is 0 Å². The van der Waals surface area contributed by atoms with Gasteiger partial charge in [0.2, 0.25) is 0 Å². The molecule has 100 valence electrons. The van der Waals surface area contributed by atoms with Crippen LogP contribution >= 0.6 is 34.5 Å². The Bertz CT molecular complexity index is 443. The summed E-state index contributed by atoms with van der Waals surface area (Å²) in [6.45, 7) is 1.22. The van der Waals surface area contributed by atoms with E-state index in [1.807, 2.05) is 0 Å². The quantitative estimate of drug-likeness (QED) is 0.901. The zero-order chi connectivity index (χ0) is 13.2. The number of amides is 1. The Morgan fingerprint density at radius 1 is 1.50 bits per heavy atom. The molecule has 1 aromatic heterocycles. The zero-order valence-electron chi connectivity index (χ0n) is 9.54. The van der Waals surface area contributed by atoms with Crippen LogP contribution in [0.2, 0.25) is 8.67 Å². The van der Waals surface area contributed by atoms with Gasteiger partial charge < -0.3 is 15.2 Å². The van der Waals surface area contributed by atoms with Crippen LogP contribution in [0.3, 0.4) is 0 Å². The number of nitrogens with one attached hydrogen (secondary N) is 1. The zero-order valence-corrected chi connectivity index (χ0v) is 11.9. The molecular formula is C11H13Cl2NO3S. The number of ether oxygens (including phenoxy) is 1. The van der Waals surface area contributed by atoms with E-state index >= 15 is 0 Å². The Labute approximate surface area is 119 Å². The van der Waals surface area contributed by atoms with Gasteiger partial charge in [0, 0.05) is 32.6 Å². The Kier molecular flexibility index (Phi) is 4.50. The monoisotopic (exact) mass is 309 g/mol. The lowest BCUT2D eigenvalue weighted by atomic mass is 9.94. The highest BCUT2D eigenvalue weighted by molar-refractivity contribution is 7.20. The van der Waals surface area contributed by atoms with E-state index in [4.69, 9.17) is 27.9 Å². The van der Waals surface area contributed by atoms with E-state index in [-0.39, 0.29) is 12.5 Å². The van der Waals surface area contributed by atoms with Crippen molar-refractivity contribution < 1.29 is 14.6 Å². The van der Waals surface area contributed by atoms with Crippen molar-refractivity contribution in [1.82, 2.24) is 5.32 Å². The molecule has 0 aliphatic carbocycles. The third-order valence-electron chi connectivity index (χ3n) is 2.90. The highest BCUT2D eigenvalue weighted by atomic mass is 35.5. The van der Waals surface area contributed by atoms with E-state index in [0.717, 1.165) is 11.3 Å². The van der Waals surface area contributed by atoms with E-state index in [2.05, 4.69) is 5.32 Å². The minimum absolute atomic E-state index is 0.193. The van der Waals surface area contributed by atoms with Crippen LogP contribution in [0, 0.1) is 0 Å². The number of hydrogen-bond acceptors (Lipinski definition) is 4. The summed E-state index contributed by atoms with van der Waals surface area (Å²) in [6, 6.07) is 1.53. The lowest BCUT2D eigenvalue weighted by molar-refractivity contribution is -0.0605. The lowest BCUT2D eigenvalue weighted by Gasteiger charge is -2.32. The van der Waals surface area contributed by atoms with E-state index < -0.39 is 5.60 Å². The van der Waals surface area contributed by atoms with Crippen LogP contribution in [0.25, 0.3) is 0 Å². The number of carbonyl (C=O) groups is 1. The average molecular weight is 310 g/mol. The standard InChI is InChI=1S/C11H13Cl2NO3S/c12-8-5-7(9(13)18-8)10(15)14-6-11(16)1-3-17-4-2-11/h5,16H,1-4,6H2,(H,14,15). The van der Waals surface area contributed by atoms with Crippen molar-refractivity contribution in [3.8, 4) is 0 Å². The maximum atomic E-state index is 11.9. The van der Waals surface area contributed by atoms with Gasteiger partial charge in [-0.05, 0) is 6.07 Å². The summed E-state index contributed by atoms with van der Waals surface area (Å²) in [4.78, 5) is 11.9. The molecule has 0 bridgehead atoms. The molecule has 0 atom stereocenters. The van der Waals surface area contributed by atoms with Crippen molar-refractivity contribution in [3.63, 3.8) is 0 Å². The van der Waals surface area contributed by atoms with Crippen molar-refractivity contribution in [3.05, 3.63) is 20.3 Å². The normalized spacial score (nSPS) is 18.6. The first-order valence-corrected chi connectivity index (χ1v) is 7.11. The number of carbonyl (C=O) groups excluding carboxylic acids is 1. The summed E-state index contributed by atoms with van der Waals surface area (Å²) in [5.41, 5.74) is -0.539. The number of thiophene rings is 1. The summed E-state index contributed by atoms with van der Waals surface area (Å²) < 4.78 is 5.99. The lowest BCUT2D eigenvalue weighted by Crippen LogP contribution is -2.46. The van der Waals surface area contributed by atoms with E-state index in [9.17, 15) is 9.90 Å². The predicted octanol–water partition coefficient (Wildman–Crippen LogP) is 2.33. The first-order valence-electron chi connectivity index (χ1n) is 5.53. The molecule has 7 heteroatoms. The van der Waals surface area contributed by atoms with Gasteiger partial charge in [-0.25, -0.2) is 0 Å². The van der Waals surface area contributed by atoms with Gasteiger partial charge in [-0.2, -0.15) is 0 Å². The van der Waals surface area contributed by atoms with Crippen LogP contribution in [0.15, 0.2) is 6.07 Å². The number of rotatable bonds is 3. The molecule has 2 rings (SSSR count). The molecule has 2 N–H and O–H groups in total. The van der Waals surface area contributed by atoms with Gasteiger partial charge >= 0.3 is 0 Å². The third-order valence-corrected chi connectivity index (χ3v) is 4.39. The first-order chi connectivity index (χ1) is 8.50. The Morgan fingerprint density at radius 2 is 2.17 bits per heavy atom. The molecule has 0 aromatic carbocycles. The molecule has 0 spiro atoms. The molecule has 1 aliphatic rings. The van der Waals surface area contributed by atoms with Crippen molar-refractivity contribution in [2.75, 3.05) is 19.8 Å². The summed E-state index contributed by atoms with van der Waals surface area (Å²) in [5.74, 6) is -0.317. The maximum Gasteiger partial charge on any atom is 0.253 e. The molecule has 1 aliphatic heterocycles. The third kappa shape index (κ3) is 3.36. The average Bonchev–Trinajstić information content (AvgIpc) is 2.67. The van der Waals surface area contributed by atoms with Gasteiger partial charge in [0.1, 0.15) is 4.34 Å². The second-order valence-corrected chi connectivity index (χ2v) is 6.54. The molecule has 1 amide bonds. The number of hydrogen-bond donors (Lipinski definition) is 2. The fraction of sp³-hybridized carbons (Fsp3) is 0.545. The molecule has 2 heterocycles. The molecule has 1 fully saturated rings. The van der Waals surface area contributed by atoms with Crippen LogP contribution in [-0.4, -0.2) is 36.4 Å². The van der Waals surface area contributed by atoms with Crippen LogP contribution < -0.4 is 5.32 Å². The minimum atomic E-state index is -0.889.